The highest BCUT2D eigenvalue weighted by atomic mass is 16.5. The highest BCUT2D eigenvalue weighted by molar-refractivity contribution is 5.95. The molecule has 1 saturated carbocycles. The van der Waals surface area contributed by atoms with Gasteiger partial charge in [0.1, 0.15) is 0 Å². The van der Waals surface area contributed by atoms with Gasteiger partial charge >= 0.3 is 0 Å². The molecule has 3 heterocycles. The molecule has 2 bridgehead atoms. The van der Waals surface area contributed by atoms with Crippen LogP contribution in [0.25, 0.3) is 0 Å². The summed E-state index contributed by atoms with van der Waals surface area (Å²) in [5, 5.41) is 0. The Kier molecular flexibility index (Phi) is 4.08. The quantitative estimate of drug-likeness (QED) is 0.923. The number of carbonyl (C=O) groups excluding carboxylic acids is 1. The van der Waals surface area contributed by atoms with Gasteiger partial charge in [-0.15, -0.1) is 0 Å². The first-order valence-corrected chi connectivity index (χ1v) is 8.20. The van der Waals surface area contributed by atoms with Crippen LogP contribution in [0.5, 0.6) is 5.75 Å². The SMILES string of the molecule is CCOc1ccc(C)nc1C(=O)N1C2CC(C2)[C@@H](C)[C@H]1CN. The molecule has 120 valence electrons. The number of ether oxygens (including phenoxy) is 1. The largest absolute Gasteiger partial charge is 0.491 e. The average molecular weight is 303 g/mol. The smallest absolute Gasteiger partial charge is 0.276 e. The van der Waals surface area contributed by atoms with E-state index in [4.69, 9.17) is 10.5 Å². The van der Waals surface area contributed by atoms with Crippen molar-refractivity contribution in [2.45, 2.75) is 45.7 Å². The first-order valence-electron chi connectivity index (χ1n) is 8.20. The molecule has 1 aromatic rings. The molecule has 0 aromatic carbocycles. The summed E-state index contributed by atoms with van der Waals surface area (Å²) in [5.74, 6) is 1.72. The first-order chi connectivity index (χ1) is 10.6. The molecule has 2 saturated heterocycles. The molecule has 4 rings (SSSR count). The van der Waals surface area contributed by atoms with E-state index in [0.29, 0.717) is 36.6 Å². The Labute approximate surface area is 131 Å². The molecule has 0 spiro atoms. The zero-order chi connectivity index (χ0) is 15.9. The summed E-state index contributed by atoms with van der Waals surface area (Å²) in [6.07, 6.45) is 2.19. The minimum Gasteiger partial charge on any atom is -0.491 e. The Morgan fingerprint density at radius 3 is 2.82 bits per heavy atom. The van der Waals surface area contributed by atoms with Crippen molar-refractivity contribution in [2.75, 3.05) is 13.2 Å². The minimum absolute atomic E-state index is 0.0300. The van der Waals surface area contributed by atoms with Crippen molar-refractivity contribution < 1.29 is 9.53 Å². The second-order valence-corrected chi connectivity index (χ2v) is 6.49. The third-order valence-corrected chi connectivity index (χ3v) is 5.23. The molecular formula is C17H25N3O2. The maximum Gasteiger partial charge on any atom is 0.276 e. The van der Waals surface area contributed by atoms with Crippen molar-refractivity contribution in [2.24, 2.45) is 17.6 Å². The standard InChI is InChI=1S/C17H25N3O2/c1-4-22-15-6-5-10(2)19-16(15)17(21)20-13-7-12(8-13)11(3)14(20)9-18/h5-6,11-14H,4,7-9,18H2,1-3H3/t11-,12?,13?,14-/m1/s1. The van der Waals surface area contributed by atoms with Gasteiger partial charge in [0, 0.05) is 24.3 Å². The third kappa shape index (κ3) is 2.37. The number of pyridine rings is 1. The minimum atomic E-state index is -0.0300. The van der Waals surface area contributed by atoms with Crippen molar-refractivity contribution in [3.05, 3.63) is 23.5 Å². The molecule has 1 amide bonds. The number of piperidine rings is 2. The van der Waals surface area contributed by atoms with E-state index >= 15 is 0 Å². The lowest BCUT2D eigenvalue weighted by molar-refractivity contribution is -0.0519. The van der Waals surface area contributed by atoms with Crippen molar-refractivity contribution in [3.8, 4) is 5.75 Å². The normalized spacial score (nSPS) is 29.9. The fraction of sp³-hybridized carbons (Fsp3) is 0.647. The van der Waals surface area contributed by atoms with Gasteiger partial charge in [-0.2, -0.15) is 0 Å². The maximum atomic E-state index is 13.1. The number of aromatic nitrogens is 1. The lowest BCUT2D eigenvalue weighted by atomic mass is 9.64. The van der Waals surface area contributed by atoms with Crippen molar-refractivity contribution in [3.63, 3.8) is 0 Å². The zero-order valence-corrected chi connectivity index (χ0v) is 13.6. The number of nitrogens with zero attached hydrogens (tertiary/aromatic N) is 2. The summed E-state index contributed by atoms with van der Waals surface area (Å²) in [7, 11) is 0. The molecule has 0 unspecified atom stereocenters. The molecule has 5 nitrogen and oxygen atoms in total. The van der Waals surface area contributed by atoms with Gasteiger partial charge in [0.2, 0.25) is 0 Å². The number of aryl methyl sites for hydroxylation is 1. The van der Waals surface area contributed by atoms with Gasteiger partial charge in [0.15, 0.2) is 11.4 Å². The van der Waals surface area contributed by atoms with E-state index in [0.717, 1.165) is 24.5 Å². The Morgan fingerprint density at radius 1 is 1.45 bits per heavy atom. The van der Waals surface area contributed by atoms with E-state index in [-0.39, 0.29) is 11.9 Å². The number of nitrogens with two attached hydrogens (primary N) is 1. The van der Waals surface area contributed by atoms with Crippen LogP contribution >= 0.6 is 0 Å². The number of rotatable bonds is 4. The van der Waals surface area contributed by atoms with Gasteiger partial charge in [-0.25, -0.2) is 4.98 Å². The second kappa shape index (κ2) is 5.88. The summed E-state index contributed by atoms with van der Waals surface area (Å²) in [6.45, 7) is 7.05. The van der Waals surface area contributed by atoms with Crippen molar-refractivity contribution in [1.82, 2.24) is 9.88 Å². The van der Waals surface area contributed by atoms with Crippen LogP contribution in [0.15, 0.2) is 12.1 Å². The van der Waals surface area contributed by atoms with Crippen LogP contribution in [0.3, 0.4) is 0 Å². The average Bonchev–Trinajstić information content (AvgIpc) is 2.46. The van der Waals surface area contributed by atoms with Gasteiger partial charge in [-0.3, -0.25) is 4.79 Å². The molecular weight excluding hydrogens is 278 g/mol. The predicted molar refractivity (Wildman–Crippen MR) is 84.8 cm³/mol. The Morgan fingerprint density at radius 2 is 2.18 bits per heavy atom. The van der Waals surface area contributed by atoms with Gasteiger partial charge in [0.05, 0.1) is 6.61 Å². The van der Waals surface area contributed by atoms with E-state index in [9.17, 15) is 4.79 Å². The highest BCUT2D eigenvalue weighted by Crippen LogP contribution is 2.46. The van der Waals surface area contributed by atoms with E-state index in [1.54, 1.807) is 0 Å². The highest BCUT2D eigenvalue weighted by Gasteiger charge is 2.50. The lowest BCUT2D eigenvalue weighted by Crippen LogP contribution is -2.64. The molecule has 1 aromatic heterocycles. The zero-order valence-electron chi connectivity index (χ0n) is 13.6. The Hall–Kier alpha value is -1.62. The van der Waals surface area contributed by atoms with Crippen LogP contribution in [0.2, 0.25) is 0 Å². The topological polar surface area (TPSA) is 68.5 Å². The number of amides is 1. The summed E-state index contributed by atoms with van der Waals surface area (Å²) in [4.78, 5) is 19.6. The van der Waals surface area contributed by atoms with Crippen LogP contribution < -0.4 is 10.5 Å². The van der Waals surface area contributed by atoms with Crippen molar-refractivity contribution in [1.29, 1.82) is 0 Å². The number of hydrogen-bond donors (Lipinski definition) is 1. The Bertz CT molecular complexity index is 569. The molecule has 1 aliphatic carbocycles. The van der Waals surface area contributed by atoms with Crippen molar-refractivity contribution >= 4 is 5.91 Å². The predicted octanol–water partition coefficient (Wildman–Crippen LogP) is 1.99. The fourth-order valence-electron chi connectivity index (χ4n) is 3.86. The van der Waals surface area contributed by atoms with Crippen LogP contribution in [0.4, 0.5) is 0 Å². The fourth-order valence-corrected chi connectivity index (χ4v) is 3.86. The second-order valence-electron chi connectivity index (χ2n) is 6.49. The van der Waals surface area contributed by atoms with Gasteiger partial charge < -0.3 is 15.4 Å². The number of carbonyl (C=O) groups is 1. The molecule has 2 atom stereocenters. The van der Waals surface area contributed by atoms with E-state index in [1.165, 1.54) is 0 Å². The summed E-state index contributed by atoms with van der Waals surface area (Å²) >= 11 is 0. The molecule has 5 heteroatoms. The summed E-state index contributed by atoms with van der Waals surface area (Å²) in [5.41, 5.74) is 7.22. The van der Waals surface area contributed by atoms with Crippen LogP contribution in [0.1, 0.15) is 42.9 Å². The summed E-state index contributed by atoms with van der Waals surface area (Å²) < 4.78 is 5.61. The molecule has 3 fully saturated rings. The van der Waals surface area contributed by atoms with Gasteiger partial charge in [0.25, 0.3) is 5.91 Å². The molecule has 0 radical (unpaired) electrons. The van der Waals surface area contributed by atoms with Gasteiger partial charge in [-0.1, -0.05) is 6.92 Å². The Balaban J connectivity index is 1.94. The molecule has 2 aliphatic heterocycles. The number of hydrogen-bond acceptors (Lipinski definition) is 4. The van der Waals surface area contributed by atoms with Crippen LogP contribution in [0, 0.1) is 18.8 Å². The summed E-state index contributed by atoms with van der Waals surface area (Å²) in [6, 6.07) is 4.15. The van der Waals surface area contributed by atoms with E-state index in [2.05, 4.69) is 11.9 Å². The van der Waals surface area contributed by atoms with E-state index < -0.39 is 0 Å². The van der Waals surface area contributed by atoms with E-state index in [1.807, 2.05) is 30.9 Å². The molecule has 2 N–H and O–H groups in total. The number of fused-ring (bicyclic) bond motifs is 2. The first kappa shape index (κ1) is 15.3. The molecule has 22 heavy (non-hydrogen) atoms. The monoisotopic (exact) mass is 303 g/mol. The maximum absolute atomic E-state index is 13.1. The van der Waals surface area contributed by atoms with Crippen LogP contribution in [-0.4, -0.2) is 41.0 Å². The third-order valence-electron chi connectivity index (χ3n) is 5.23. The van der Waals surface area contributed by atoms with Crippen LogP contribution in [-0.2, 0) is 0 Å². The lowest BCUT2D eigenvalue weighted by Gasteiger charge is -2.57. The van der Waals surface area contributed by atoms with Gasteiger partial charge in [-0.05, 0) is 50.7 Å². The molecule has 3 aliphatic rings.